The van der Waals surface area contributed by atoms with E-state index < -0.39 is 0 Å². The van der Waals surface area contributed by atoms with Gasteiger partial charge in [-0.2, -0.15) is 0 Å². The molecule has 1 atom stereocenters. The molecule has 2 heterocycles. The van der Waals surface area contributed by atoms with E-state index in [9.17, 15) is 5.11 Å². The molecule has 0 aliphatic carbocycles. The van der Waals surface area contributed by atoms with Crippen LogP contribution in [0.5, 0.6) is 11.5 Å². The summed E-state index contributed by atoms with van der Waals surface area (Å²) in [5, 5.41) is 22.0. The number of hydrogen-bond donors (Lipinski definition) is 2. The molecule has 3 aromatic rings. The quantitative estimate of drug-likeness (QED) is 0.425. The van der Waals surface area contributed by atoms with Crippen molar-refractivity contribution in [3.63, 3.8) is 0 Å². The number of ether oxygens (including phenoxy) is 1. The number of hydrogen-bond acceptors (Lipinski definition) is 8. The molecule has 0 saturated carbocycles. The van der Waals surface area contributed by atoms with Crippen molar-refractivity contribution in [2.45, 2.75) is 25.0 Å². The van der Waals surface area contributed by atoms with E-state index >= 15 is 0 Å². The average Bonchev–Trinajstić information content (AvgIpc) is 3.18. The van der Waals surface area contributed by atoms with Gasteiger partial charge < -0.3 is 24.5 Å². The second-order valence-electron chi connectivity index (χ2n) is 8.01. The first-order chi connectivity index (χ1) is 16.2. The lowest BCUT2D eigenvalue weighted by Gasteiger charge is -2.19. The van der Waals surface area contributed by atoms with Crippen LogP contribution in [0.3, 0.4) is 0 Å². The van der Waals surface area contributed by atoms with Crippen molar-refractivity contribution in [1.82, 2.24) is 20.4 Å². The van der Waals surface area contributed by atoms with Gasteiger partial charge in [0.25, 0.3) is 0 Å². The van der Waals surface area contributed by atoms with Crippen LogP contribution < -0.4 is 10.1 Å². The van der Waals surface area contributed by atoms with Gasteiger partial charge in [0.2, 0.25) is 11.8 Å². The first-order valence-corrected chi connectivity index (χ1v) is 12.7. The molecule has 0 bridgehead atoms. The summed E-state index contributed by atoms with van der Waals surface area (Å²) >= 11 is 1.65. The summed E-state index contributed by atoms with van der Waals surface area (Å²) in [5.74, 6) is 2.88. The Morgan fingerprint density at radius 1 is 1.12 bits per heavy atom. The highest BCUT2D eigenvalue weighted by Gasteiger charge is 2.23. The van der Waals surface area contributed by atoms with E-state index in [1.165, 1.54) is 6.42 Å². The maximum Gasteiger partial charge on any atom is 0.247 e. The molecule has 1 unspecified atom stereocenters. The molecule has 1 aromatic heterocycles. The number of nitrogens with zero attached hydrogens (tertiary/aromatic N) is 3. The SMILES string of the molecule is CCSC(c1nnc(-c2ccc(OCCCN3CCCNCC3)cc2)o1)c1ccccc1O. The van der Waals surface area contributed by atoms with Crippen LogP contribution >= 0.6 is 11.8 Å². The van der Waals surface area contributed by atoms with E-state index in [0.717, 1.165) is 61.8 Å². The molecule has 2 aromatic carbocycles. The van der Waals surface area contributed by atoms with Crippen LogP contribution in [0, 0.1) is 0 Å². The van der Waals surface area contributed by atoms with Crippen LogP contribution in [-0.2, 0) is 0 Å². The highest BCUT2D eigenvalue weighted by molar-refractivity contribution is 7.99. The molecule has 1 fully saturated rings. The van der Waals surface area contributed by atoms with Gasteiger partial charge in [0, 0.05) is 30.8 Å². The minimum atomic E-state index is -0.208. The van der Waals surface area contributed by atoms with Crippen molar-refractivity contribution < 1.29 is 14.3 Å². The molecule has 0 amide bonds. The molecule has 2 N–H and O–H groups in total. The third-order valence-electron chi connectivity index (χ3n) is 5.64. The monoisotopic (exact) mass is 468 g/mol. The van der Waals surface area contributed by atoms with Crippen molar-refractivity contribution >= 4 is 11.8 Å². The maximum atomic E-state index is 10.3. The first-order valence-electron chi connectivity index (χ1n) is 11.6. The predicted molar refractivity (Wildman–Crippen MR) is 132 cm³/mol. The number of para-hydroxylation sites is 1. The highest BCUT2D eigenvalue weighted by Crippen LogP contribution is 2.39. The largest absolute Gasteiger partial charge is 0.508 e. The van der Waals surface area contributed by atoms with Crippen molar-refractivity contribution in [1.29, 1.82) is 0 Å². The molecule has 176 valence electrons. The maximum absolute atomic E-state index is 10.3. The lowest BCUT2D eigenvalue weighted by Crippen LogP contribution is -2.29. The Bertz CT molecular complexity index is 987. The fraction of sp³-hybridized carbons (Fsp3) is 0.440. The summed E-state index contributed by atoms with van der Waals surface area (Å²) in [6.07, 6.45) is 2.22. The highest BCUT2D eigenvalue weighted by atomic mass is 32.2. The molecule has 0 spiro atoms. The van der Waals surface area contributed by atoms with Gasteiger partial charge in [0.15, 0.2) is 0 Å². The van der Waals surface area contributed by atoms with Gasteiger partial charge in [0.05, 0.1) is 6.61 Å². The van der Waals surface area contributed by atoms with Crippen molar-refractivity contribution in [2.24, 2.45) is 0 Å². The summed E-state index contributed by atoms with van der Waals surface area (Å²) < 4.78 is 11.9. The molecule has 0 radical (unpaired) electrons. The third kappa shape index (κ3) is 6.50. The number of thioether (sulfide) groups is 1. The molecule has 7 nitrogen and oxygen atoms in total. The zero-order chi connectivity index (χ0) is 22.9. The average molecular weight is 469 g/mol. The van der Waals surface area contributed by atoms with E-state index in [1.54, 1.807) is 17.8 Å². The van der Waals surface area contributed by atoms with Gasteiger partial charge in [-0.25, -0.2) is 0 Å². The Kier molecular flexibility index (Phi) is 8.63. The van der Waals surface area contributed by atoms with Gasteiger partial charge in [-0.15, -0.1) is 22.0 Å². The summed E-state index contributed by atoms with van der Waals surface area (Å²) in [5.41, 5.74) is 1.62. The van der Waals surface area contributed by atoms with Crippen molar-refractivity contribution in [3.05, 3.63) is 60.0 Å². The number of benzene rings is 2. The van der Waals surface area contributed by atoms with Crippen LogP contribution in [0.2, 0.25) is 0 Å². The van der Waals surface area contributed by atoms with Gasteiger partial charge in [-0.3, -0.25) is 0 Å². The Labute approximate surface area is 199 Å². The summed E-state index contributed by atoms with van der Waals surface area (Å²) in [6.45, 7) is 8.30. The van der Waals surface area contributed by atoms with E-state index in [4.69, 9.17) is 9.15 Å². The third-order valence-corrected chi connectivity index (χ3v) is 6.76. The lowest BCUT2D eigenvalue weighted by atomic mass is 10.1. The smallest absolute Gasteiger partial charge is 0.247 e. The summed E-state index contributed by atoms with van der Waals surface area (Å²) in [4.78, 5) is 2.50. The fourth-order valence-electron chi connectivity index (χ4n) is 3.92. The van der Waals surface area contributed by atoms with E-state index in [2.05, 4.69) is 27.3 Å². The van der Waals surface area contributed by atoms with Crippen LogP contribution in [0.15, 0.2) is 52.9 Å². The number of phenols is 1. The number of phenolic OH excluding ortho intramolecular Hbond substituents is 1. The Balaban J connectivity index is 1.34. The van der Waals surface area contributed by atoms with Crippen LogP contribution in [0.25, 0.3) is 11.5 Å². The van der Waals surface area contributed by atoms with Gasteiger partial charge >= 0.3 is 0 Å². The van der Waals surface area contributed by atoms with Gasteiger partial charge in [0.1, 0.15) is 16.7 Å². The number of rotatable bonds is 10. The van der Waals surface area contributed by atoms with Gasteiger partial charge in [-0.05, 0) is 62.0 Å². The molecule has 4 rings (SSSR count). The predicted octanol–water partition coefficient (Wildman–Crippen LogP) is 4.35. The lowest BCUT2D eigenvalue weighted by molar-refractivity contribution is 0.244. The van der Waals surface area contributed by atoms with Crippen molar-refractivity contribution in [2.75, 3.05) is 45.1 Å². The topological polar surface area (TPSA) is 83.7 Å². The summed E-state index contributed by atoms with van der Waals surface area (Å²) in [7, 11) is 0. The summed E-state index contributed by atoms with van der Waals surface area (Å²) in [6, 6.07) is 15.0. The van der Waals surface area contributed by atoms with Crippen molar-refractivity contribution in [3.8, 4) is 23.0 Å². The Morgan fingerprint density at radius 2 is 1.97 bits per heavy atom. The molecular weight excluding hydrogens is 436 g/mol. The molecule has 1 aliphatic heterocycles. The van der Waals surface area contributed by atoms with Gasteiger partial charge in [-0.1, -0.05) is 25.1 Å². The number of nitrogens with one attached hydrogen (secondary N) is 1. The minimum absolute atomic E-state index is 0.208. The van der Waals surface area contributed by atoms with E-state index in [0.29, 0.717) is 18.4 Å². The standard InChI is InChI=1S/C25H32N4O3S/c1-2-33-23(21-7-3-4-8-22(21)30)25-28-27-24(32-25)19-9-11-20(12-10-19)31-18-6-16-29-15-5-13-26-14-17-29/h3-4,7-12,23,26,30H,2,5-6,13-18H2,1H3. The normalized spacial score (nSPS) is 15.8. The minimum Gasteiger partial charge on any atom is -0.508 e. The second kappa shape index (κ2) is 12.1. The zero-order valence-electron chi connectivity index (χ0n) is 19.1. The zero-order valence-corrected chi connectivity index (χ0v) is 19.9. The van der Waals surface area contributed by atoms with Crippen LogP contribution in [-0.4, -0.2) is 65.3 Å². The Hall–Kier alpha value is -2.55. The Morgan fingerprint density at radius 3 is 2.79 bits per heavy atom. The molecule has 1 aliphatic rings. The number of aromatic hydroxyl groups is 1. The molecular formula is C25H32N4O3S. The molecule has 8 heteroatoms. The first kappa shape index (κ1) is 23.6. The number of aromatic nitrogens is 2. The van der Waals surface area contributed by atoms with Crippen LogP contribution in [0.1, 0.15) is 36.5 Å². The van der Waals surface area contributed by atoms with E-state index in [1.807, 2.05) is 42.5 Å². The fourth-order valence-corrected chi connectivity index (χ4v) is 4.87. The second-order valence-corrected chi connectivity index (χ2v) is 9.39. The van der Waals surface area contributed by atoms with Crippen LogP contribution in [0.4, 0.5) is 0 Å². The molecule has 1 saturated heterocycles. The van der Waals surface area contributed by atoms with E-state index in [-0.39, 0.29) is 11.0 Å². The molecule has 33 heavy (non-hydrogen) atoms.